The lowest BCUT2D eigenvalue weighted by molar-refractivity contribution is 0.237. The van der Waals surface area contributed by atoms with Crippen LogP contribution in [0.5, 0.6) is 0 Å². The third kappa shape index (κ3) is 2.98. The second-order valence-electron chi connectivity index (χ2n) is 4.02. The van der Waals surface area contributed by atoms with Crippen molar-refractivity contribution in [2.75, 3.05) is 0 Å². The van der Waals surface area contributed by atoms with Crippen LogP contribution in [0, 0.1) is 0 Å². The van der Waals surface area contributed by atoms with Crippen LogP contribution in [-0.4, -0.2) is 12.1 Å². The molecule has 0 spiro atoms. The molecule has 3 nitrogen and oxygen atoms in total. The topological polar surface area (TPSA) is 41.1 Å². The molecular weight excluding hydrogens is 188 g/mol. The Labute approximate surface area is 89.9 Å². The number of amides is 2. The van der Waals surface area contributed by atoms with E-state index in [4.69, 9.17) is 0 Å². The van der Waals surface area contributed by atoms with Gasteiger partial charge in [-0.3, -0.25) is 0 Å². The second-order valence-corrected chi connectivity index (χ2v) is 4.02. The highest BCUT2D eigenvalue weighted by atomic mass is 16.2. The lowest BCUT2D eigenvalue weighted by Gasteiger charge is -2.14. The Balaban J connectivity index is 1.85. The number of carbonyl (C=O) groups is 1. The van der Waals surface area contributed by atoms with E-state index in [1.807, 2.05) is 37.3 Å². The first-order chi connectivity index (χ1) is 7.25. The van der Waals surface area contributed by atoms with Gasteiger partial charge < -0.3 is 10.6 Å². The molecule has 1 aromatic rings. The molecule has 1 saturated carbocycles. The van der Waals surface area contributed by atoms with E-state index in [1.165, 1.54) is 0 Å². The number of urea groups is 1. The van der Waals surface area contributed by atoms with E-state index in [9.17, 15) is 4.79 Å². The maximum absolute atomic E-state index is 11.5. The van der Waals surface area contributed by atoms with E-state index in [1.54, 1.807) is 0 Å². The maximum Gasteiger partial charge on any atom is 0.315 e. The smallest absolute Gasteiger partial charge is 0.315 e. The van der Waals surface area contributed by atoms with E-state index >= 15 is 0 Å². The number of rotatable bonds is 3. The molecule has 0 aromatic heterocycles. The summed E-state index contributed by atoms with van der Waals surface area (Å²) in [5.74, 6) is 0. The average molecular weight is 204 g/mol. The monoisotopic (exact) mass is 204 g/mol. The minimum absolute atomic E-state index is 0.0601. The first-order valence-corrected chi connectivity index (χ1v) is 5.37. The summed E-state index contributed by atoms with van der Waals surface area (Å²) in [5.41, 5.74) is 1.13. The van der Waals surface area contributed by atoms with Gasteiger partial charge in [-0.05, 0) is 25.3 Å². The van der Waals surface area contributed by atoms with Crippen LogP contribution in [-0.2, 0) is 0 Å². The van der Waals surface area contributed by atoms with Crippen molar-refractivity contribution in [3.63, 3.8) is 0 Å². The lowest BCUT2D eigenvalue weighted by Crippen LogP contribution is -2.38. The molecule has 2 rings (SSSR count). The van der Waals surface area contributed by atoms with Crippen LogP contribution in [0.25, 0.3) is 0 Å². The van der Waals surface area contributed by atoms with Gasteiger partial charge in [-0.15, -0.1) is 0 Å². The molecule has 0 heterocycles. The summed E-state index contributed by atoms with van der Waals surface area (Å²) in [6, 6.07) is 10.4. The van der Waals surface area contributed by atoms with E-state index in [-0.39, 0.29) is 12.1 Å². The molecule has 1 fully saturated rings. The van der Waals surface area contributed by atoms with Crippen LogP contribution in [0.3, 0.4) is 0 Å². The third-order valence-corrected chi connectivity index (χ3v) is 2.56. The number of benzene rings is 1. The Kier molecular flexibility index (Phi) is 2.90. The first-order valence-electron chi connectivity index (χ1n) is 5.37. The number of hydrogen-bond donors (Lipinski definition) is 2. The molecule has 3 heteroatoms. The van der Waals surface area contributed by atoms with Gasteiger partial charge in [-0.2, -0.15) is 0 Å². The summed E-state index contributed by atoms with van der Waals surface area (Å²) in [6.07, 6.45) is 2.24. The van der Waals surface area contributed by atoms with Gasteiger partial charge in [0.1, 0.15) is 0 Å². The second kappa shape index (κ2) is 4.34. The minimum Gasteiger partial charge on any atom is -0.335 e. The van der Waals surface area contributed by atoms with Crippen LogP contribution in [0.2, 0.25) is 0 Å². The molecule has 15 heavy (non-hydrogen) atoms. The first kappa shape index (κ1) is 10.0. The summed E-state index contributed by atoms with van der Waals surface area (Å²) in [6.45, 7) is 1.99. The summed E-state index contributed by atoms with van der Waals surface area (Å²) in [5, 5.41) is 5.82. The van der Waals surface area contributed by atoms with Crippen LogP contribution < -0.4 is 10.6 Å². The molecule has 2 N–H and O–H groups in total. The number of carbonyl (C=O) groups excluding carboxylic acids is 1. The summed E-state index contributed by atoms with van der Waals surface area (Å²) in [4.78, 5) is 11.5. The third-order valence-electron chi connectivity index (χ3n) is 2.56. The Morgan fingerprint density at radius 1 is 1.33 bits per heavy atom. The van der Waals surface area contributed by atoms with Crippen molar-refractivity contribution >= 4 is 6.03 Å². The van der Waals surface area contributed by atoms with Crippen LogP contribution in [0.1, 0.15) is 31.4 Å². The Morgan fingerprint density at radius 2 is 2.00 bits per heavy atom. The fourth-order valence-electron chi connectivity index (χ4n) is 1.48. The van der Waals surface area contributed by atoms with Gasteiger partial charge in [0.05, 0.1) is 6.04 Å². The Hall–Kier alpha value is -1.51. The van der Waals surface area contributed by atoms with E-state index in [2.05, 4.69) is 10.6 Å². The average Bonchev–Trinajstić information content (AvgIpc) is 3.03. The van der Waals surface area contributed by atoms with Crippen LogP contribution in [0.15, 0.2) is 30.3 Å². The maximum atomic E-state index is 11.5. The molecule has 1 aliphatic carbocycles. The molecule has 0 radical (unpaired) electrons. The highest BCUT2D eigenvalue weighted by Gasteiger charge is 2.23. The number of hydrogen-bond acceptors (Lipinski definition) is 1. The van der Waals surface area contributed by atoms with Gasteiger partial charge in [0.25, 0.3) is 0 Å². The summed E-state index contributed by atoms with van der Waals surface area (Å²) >= 11 is 0. The van der Waals surface area contributed by atoms with Crippen molar-refractivity contribution in [1.29, 1.82) is 0 Å². The molecule has 80 valence electrons. The zero-order chi connectivity index (χ0) is 10.7. The largest absolute Gasteiger partial charge is 0.335 e. The van der Waals surface area contributed by atoms with Crippen molar-refractivity contribution in [2.24, 2.45) is 0 Å². The predicted molar refractivity (Wildman–Crippen MR) is 59.5 cm³/mol. The standard InChI is InChI=1S/C12H16N2O/c1-9(10-5-3-2-4-6-10)13-12(15)14-11-7-8-11/h2-6,9,11H,7-8H2,1H3,(H2,13,14,15). The van der Waals surface area contributed by atoms with Crippen molar-refractivity contribution in [1.82, 2.24) is 10.6 Å². The highest BCUT2D eigenvalue weighted by molar-refractivity contribution is 5.75. The molecule has 1 unspecified atom stereocenters. The molecule has 0 bridgehead atoms. The molecule has 1 aliphatic rings. The van der Waals surface area contributed by atoms with Crippen LogP contribution >= 0.6 is 0 Å². The number of nitrogens with one attached hydrogen (secondary N) is 2. The molecule has 1 aromatic carbocycles. The van der Waals surface area contributed by atoms with Gasteiger partial charge in [0.15, 0.2) is 0 Å². The van der Waals surface area contributed by atoms with Crippen molar-refractivity contribution in [3.05, 3.63) is 35.9 Å². The Morgan fingerprint density at radius 3 is 2.60 bits per heavy atom. The highest BCUT2D eigenvalue weighted by Crippen LogP contribution is 2.18. The SMILES string of the molecule is CC(NC(=O)NC1CC1)c1ccccc1. The van der Waals surface area contributed by atoms with Crippen molar-refractivity contribution in [2.45, 2.75) is 31.8 Å². The summed E-state index contributed by atoms with van der Waals surface area (Å²) < 4.78 is 0. The van der Waals surface area contributed by atoms with Crippen molar-refractivity contribution < 1.29 is 4.79 Å². The zero-order valence-corrected chi connectivity index (χ0v) is 8.86. The lowest BCUT2D eigenvalue weighted by atomic mass is 10.1. The van der Waals surface area contributed by atoms with Gasteiger partial charge in [-0.1, -0.05) is 30.3 Å². The molecule has 0 aliphatic heterocycles. The fourth-order valence-corrected chi connectivity index (χ4v) is 1.48. The predicted octanol–water partition coefficient (Wildman–Crippen LogP) is 2.21. The molecule has 0 saturated heterocycles. The van der Waals surface area contributed by atoms with Gasteiger partial charge in [0.2, 0.25) is 0 Å². The van der Waals surface area contributed by atoms with Gasteiger partial charge in [-0.25, -0.2) is 4.79 Å². The van der Waals surface area contributed by atoms with E-state index in [0.717, 1.165) is 18.4 Å². The fraction of sp³-hybridized carbons (Fsp3) is 0.417. The van der Waals surface area contributed by atoms with E-state index in [0.29, 0.717) is 6.04 Å². The minimum atomic E-state index is -0.0612. The molecule has 2 amide bonds. The van der Waals surface area contributed by atoms with E-state index < -0.39 is 0 Å². The molecular formula is C12H16N2O. The summed E-state index contributed by atoms with van der Waals surface area (Å²) in [7, 11) is 0. The van der Waals surface area contributed by atoms with Crippen molar-refractivity contribution in [3.8, 4) is 0 Å². The zero-order valence-electron chi connectivity index (χ0n) is 8.86. The van der Waals surface area contributed by atoms with Gasteiger partial charge >= 0.3 is 6.03 Å². The normalized spacial score (nSPS) is 16.9. The molecule has 1 atom stereocenters. The Bertz CT molecular complexity index is 333. The quantitative estimate of drug-likeness (QED) is 0.778. The van der Waals surface area contributed by atoms with Crippen LogP contribution in [0.4, 0.5) is 4.79 Å². The van der Waals surface area contributed by atoms with Gasteiger partial charge in [0, 0.05) is 6.04 Å².